The van der Waals surface area contributed by atoms with Crippen LogP contribution in [0.15, 0.2) is 12.1 Å². The molecule has 2 atom stereocenters. The monoisotopic (exact) mass is 310 g/mol. The molecule has 2 heterocycles. The van der Waals surface area contributed by atoms with E-state index in [0.717, 1.165) is 35.1 Å². The van der Waals surface area contributed by atoms with E-state index < -0.39 is 0 Å². The van der Waals surface area contributed by atoms with Crippen LogP contribution in [0.5, 0.6) is 17.2 Å². The SMILES string of the molecule is COc1cc(C(CN)N2CCSCC2C)cc2c1OCO2. The molecule has 2 aliphatic heterocycles. The first-order chi connectivity index (χ1) is 10.2. The third-order valence-corrected chi connectivity index (χ3v) is 5.30. The molecule has 0 aliphatic carbocycles. The minimum Gasteiger partial charge on any atom is -0.493 e. The molecule has 1 fully saturated rings. The number of thioether (sulfide) groups is 1. The Morgan fingerprint density at radius 2 is 2.33 bits per heavy atom. The Hall–Kier alpha value is -1.11. The molecule has 0 radical (unpaired) electrons. The normalized spacial score (nSPS) is 23.1. The van der Waals surface area contributed by atoms with Gasteiger partial charge in [-0.3, -0.25) is 4.90 Å². The number of benzene rings is 1. The summed E-state index contributed by atoms with van der Waals surface area (Å²) in [6.45, 7) is 4.15. The zero-order chi connectivity index (χ0) is 14.8. The van der Waals surface area contributed by atoms with E-state index in [1.165, 1.54) is 0 Å². The van der Waals surface area contributed by atoms with Crippen molar-refractivity contribution in [2.75, 3.05) is 38.5 Å². The lowest BCUT2D eigenvalue weighted by Crippen LogP contribution is -2.45. The van der Waals surface area contributed by atoms with Gasteiger partial charge in [0.05, 0.1) is 7.11 Å². The van der Waals surface area contributed by atoms with E-state index in [9.17, 15) is 0 Å². The summed E-state index contributed by atoms with van der Waals surface area (Å²) in [7, 11) is 1.65. The van der Waals surface area contributed by atoms with Crippen LogP contribution >= 0.6 is 11.8 Å². The molecule has 5 nitrogen and oxygen atoms in total. The van der Waals surface area contributed by atoms with E-state index in [0.29, 0.717) is 18.3 Å². The molecule has 21 heavy (non-hydrogen) atoms. The van der Waals surface area contributed by atoms with E-state index in [1.807, 2.05) is 23.9 Å². The van der Waals surface area contributed by atoms with Crippen molar-refractivity contribution in [3.63, 3.8) is 0 Å². The highest BCUT2D eigenvalue weighted by Crippen LogP contribution is 2.44. The Morgan fingerprint density at radius 1 is 1.48 bits per heavy atom. The summed E-state index contributed by atoms with van der Waals surface area (Å²) in [5, 5.41) is 0. The van der Waals surface area contributed by atoms with Crippen molar-refractivity contribution >= 4 is 11.8 Å². The van der Waals surface area contributed by atoms with Crippen molar-refractivity contribution in [2.45, 2.75) is 19.0 Å². The van der Waals surface area contributed by atoms with Gasteiger partial charge in [-0.15, -0.1) is 0 Å². The predicted molar refractivity (Wildman–Crippen MR) is 84.4 cm³/mol. The highest BCUT2D eigenvalue weighted by Gasteiger charge is 2.29. The fourth-order valence-electron chi connectivity index (χ4n) is 3.01. The van der Waals surface area contributed by atoms with Crippen molar-refractivity contribution in [1.82, 2.24) is 4.90 Å². The summed E-state index contributed by atoms with van der Waals surface area (Å²) >= 11 is 2.01. The Kier molecular flexibility index (Phi) is 4.47. The molecule has 2 unspecified atom stereocenters. The van der Waals surface area contributed by atoms with E-state index in [-0.39, 0.29) is 12.8 Å². The molecule has 6 heteroatoms. The van der Waals surface area contributed by atoms with Gasteiger partial charge < -0.3 is 19.9 Å². The molecule has 1 aromatic carbocycles. The number of rotatable bonds is 4. The second kappa shape index (κ2) is 6.34. The zero-order valence-corrected chi connectivity index (χ0v) is 13.3. The molecule has 2 aliphatic rings. The van der Waals surface area contributed by atoms with Crippen LogP contribution in [0.2, 0.25) is 0 Å². The van der Waals surface area contributed by atoms with Crippen LogP contribution in [-0.2, 0) is 0 Å². The topological polar surface area (TPSA) is 57.0 Å². The minimum atomic E-state index is 0.185. The first-order valence-electron chi connectivity index (χ1n) is 7.25. The summed E-state index contributed by atoms with van der Waals surface area (Å²) in [6.07, 6.45) is 0. The maximum absolute atomic E-state index is 6.07. The Bertz CT molecular complexity index is 512. The van der Waals surface area contributed by atoms with Crippen LogP contribution < -0.4 is 19.9 Å². The molecule has 0 saturated carbocycles. The van der Waals surface area contributed by atoms with Gasteiger partial charge in [-0.1, -0.05) is 0 Å². The Balaban J connectivity index is 1.93. The highest BCUT2D eigenvalue weighted by atomic mass is 32.2. The largest absolute Gasteiger partial charge is 0.493 e. The summed E-state index contributed by atoms with van der Waals surface area (Å²) in [5.41, 5.74) is 7.21. The third-order valence-electron chi connectivity index (χ3n) is 4.11. The number of hydrogen-bond donors (Lipinski definition) is 1. The van der Waals surface area contributed by atoms with Crippen molar-refractivity contribution < 1.29 is 14.2 Å². The van der Waals surface area contributed by atoms with Crippen LogP contribution in [0.4, 0.5) is 0 Å². The van der Waals surface area contributed by atoms with Crippen LogP contribution in [0, 0.1) is 0 Å². The molecular weight excluding hydrogens is 288 g/mol. The lowest BCUT2D eigenvalue weighted by molar-refractivity contribution is 0.165. The van der Waals surface area contributed by atoms with Gasteiger partial charge in [-0.2, -0.15) is 11.8 Å². The van der Waals surface area contributed by atoms with Crippen LogP contribution in [0.25, 0.3) is 0 Å². The zero-order valence-electron chi connectivity index (χ0n) is 12.5. The van der Waals surface area contributed by atoms with Gasteiger partial charge >= 0.3 is 0 Å². The molecule has 116 valence electrons. The van der Waals surface area contributed by atoms with Gasteiger partial charge in [0.15, 0.2) is 11.5 Å². The maximum atomic E-state index is 6.07. The Morgan fingerprint density at radius 3 is 3.05 bits per heavy atom. The average molecular weight is 310 g/mol. The molecule has 1 saturated heterocycles. The van der Waals surface area contributed by atoms with Crippen molar-refractivity contribution in [3.05, 3.63) is 17.7 Å². The van der Waals surface area contributed by atoms with Gasteiger partial charge in [-0.25, -0.2) is 0 Å². The molecular formula is C15H22N2O3S. The summed E-state index contributed by atoms with van der Waals surface area (Å²) in [6, 6.07) is 4.77. The van der Waals surface area contributed by atoms with Gasteiger partial charge in [0, 0.05) is 36.7 Å². The summed E-state index contributed by atoms with van der Waals surface area (Å²) < 4.78 is 16.4. The minimum absolute atomic E-state index is 0.185. The summed E-state index contributed by atoms with van der Waals surface area (Å²) in [4.78, 5) is 2.48. The molecule has 0 aromatic heterocycles. The fourth-order valence-corrected chi connectivity index (χ4v) is 4.05. The fraction of sp³-hybridized carbons (Fsp3) is 0.600. The van der Waals surface area contributed by atoms with Gasteiger partial charge in [0.2, 0.25) is 12.5 Å². The molecule has 0 bridgehead atoms. The average Bonchev–Trinajstić information content (AvgIpc) is 2.97. The van der Waals surface area contributed by atoms with E-state index in [1.54, 1.807) is 7.11 Å². The quantitative estimate of drug-likeness (QED) is 0.916. The first-order valence-corrected chi connectivity index (χ1v) is 8.41. The number of hydrogen-bond acceptors (Lipinski definition) is 6. The van der Waals surface area contributed by atoms with Gasteiger partial charge in [0.25, 0.3) is 0 Å². The van der Waals surface area contributed by atoms with Crippen molar-refractivity contribution in [1.29, 1.82) is 0 Å². The number of nitrogens with zero attached hydrogens (tertiary/aromatic N) is 1. The second-order valence-corrected chi connectivity index (χ2v) is 6.52. The molecule has 0 spiro atoms. The van der Waals surface area contributed by atoms with E-state index in [2.05, 4.69) is 11.8 Å². The van der Waals surface area contributed by atoms with Crippen LogP contribution in [0.1, 0.15) is 18.5 Å². The lowest BCUT2D eigenvalue weighted by Gasteiger charge is -2.39. The van der Waals surface area contributed by atoms with Crippen LogP contribution in [0.3, 0.4) is 0 Å². The molecule has 3 rings (SSSR count). The number of fused-ring (bicyclic) bond motifs is 1. The summed E-state index contributed by atoms with van der Waals surface area (Å²) in [5.74, 6) is 4.47. The lowest BCUT2D eigenvalue weighted by atomic mass is 10.0. The Labute approximate surface area is 129 Å². The highest BCUT2D eigenvalue weighted by molar-refractivity contribution is 7.99. The number of ether oxygens (including phenoxy) is 3. The predicted octanol–water partition coefficient (Wildman–Crippen LogP) is 1.86. The first kappa shape index (κ1) is 14.8. The van der Waals surface area contributed by atoms with E-state index in [4.69, 9.17) is 19.9 Å². The molecule has 0 amide bonds. The second-order valence-electron chi connectivity index (χ2n) is 5.37. The van der Waals surface area contributed by atoms with Crippen molar-refractivity contribution in [2.24, 2.45) is 5.73 Å². The maximum Gasteiger partial charge on any atom is 0.231 e. The number of nitrogens with two attached hydrogens (primary N) is 1. The van der Waals surface area contributed by atoms with Crippen molar-refractivity contribution in [3.8, 4) is 17.2 Å². The van der Waals surface area contributed by atoms with E-state index >= 15 is 0 Å². The molecule has 1 aromatic rings. The standard InChI is InChI=1S/C15H22N2O3S/c1-10-8-21-4-3-17(10)12(7-16)11-5-13(18-2)15-14(6-11)19-9-20-15/h5-6,10,12H,3-4,7-9,16H2,1-2H3. The molecule has 2 N–H and O–H groups in total. The van der Waals surface area contributed by atoms with Gasteiger partial charge in [-0.05, 0) is 24.6 Å². The van der Waals surface area contributed by atoms with Crippen LogP contribution in [-0.4, -0.2) is 49.4 Å². The van der Waals surface area contributed by atoms with Gasteiger partial charge in [0.1, 0.15) is 0 Å². The smallest absolute Gasteiger partial charge is 0.231 e. The third kappa shape index (κ3) is 2.80. The number of methoxy groups -OCH3 is 1.